The Bertz CT molecular complexity index is 1060. The summed E-state index contributed by atoms with van der Waals surface area (Å²) in [6.07, 6.45) is 0. The van der Waals surface area contributed by atoms with Crippen LogP contribution < -0.4 is 15.4 Å². The first kappa shape index (κ1) is 23.2. The molecule has 0 radical (unpaired) electrons. The van der Waals surface area contributed by atoms with E-state index in [9.17, 15) is 9.59 Å². The van der Waals surface area contributed by atoms with Crippen LogP contribution in [-0.4, -0.2) is 53.1 Å². The summed E-state index contributed by atoms with van der Waals surface area (Å²) in [5.74, 6) is 1.07. The highest BCUT2D eigenvalue weighted by Gasteiger charge is 2.32. The summed E-state index contributed by atoms with van der Waals surface area (Å²) >= 11 is 0. The molecule has 1 unspecified atom stereocenters. The van der Waals surface area contributed by atoms with E-state index >= 15 is 0 Å². The molecule has 0 bridgehead atoms. The first-order chi connectivity index (χ1) is 15.1. The second kappa shape index (κ2) is 10.7. The Labute approximate surface area is 191 Å². The molecule has 0 spiro atoms. The highest BCUT2D eigenvalue weighted by molar-refractivity contribution is 5.89. The molecule has 0 aliphatic carbocycles. The highest BCUT2D eigenvalue weighted by Crippen LogP contribution is 2.25. The minimum absolute atomic E-state index is 0. The first-order valence-electron chi connectivity index (χ1n) is 10.00. The van der Waals surface area contributed by atoms with Crippen LogP contribution in [0.1, 0.15) is 18.9 Å². The van der Waals surface area contributed by atoms with Crippen LogP contribution >= 0.6 is 12.4 Å². The van der Waals surface area contributed by atoms with Crippen molar-refractivity contribution < 1.29 is 18.8 Å². The van der Waals surface area contributed by atoms with Crippen molar-refractivity contribution in [2.24, 2.45) is 0 Å². The SMILES string of the molecule is CC(=O)Nc1cccc(-c2noc(C3CNCCN3C(=O)COc3ccccc3)n2)c1.Cl. The number of nitrogens with one attached hydrogen (secondary N) is 2. The number of hydrogen-bond acceptors (Lipinski definition) is 7. The summed E-state index contributed by atoms with van der Waals surface area (Å²) in [7, 11) is 0. The molecule has 1 saturated heterocycles. The van der Waals surface area contributed by atoms with Gasteiger partial charge in [0.2, 0.25) is 11.7 Å². The van der Waals surface area contributed by atoms with Crippen LogP contribution in [0.4, 0.5) is 5.69 Å². The number of anilines is 1. The quantitative estimate of drug-likeness (QED) is 0.585. The van der Waals surface area contributed by atoms with Crippen molar-refractivity contribution in [2.45, 2.75) is 13.0 Å². The number of benzene rings is 2. The molecule has 1 aromatic heterocycles. The van der Waals surface area contributed by atoms with Crippen LogP contribution in [0, 0.1) is 0 Å². The van der Waals surface area contributed by atoms with Crippen LogP contribution in [0.2, 0.25) is 0 Å². The zero-order valence-corrected chi connectivity index (χ0v) is 18.3. The van der Waals surface area contributed by atoms with Gasteiger partial charge in [0.15, 0.2) is 6.61 Å². The molecular formula is C22H24ClN5O4. The molecule has 4 rings (SSSR count). The van der Waals surface area contributed by atoms with E-state index in [0.717, 1.165) is 0 Å². The van der Waals surface area contributed by atoms with Gasteiger partial charge in [0.25, 0.3) is 11.8 Å². The summed E-state index contributed by atoms with van der Waals surface area (Å²) in [4.78, 5) is 30.3. The number of rotatable bonds is 6. The number of piperazine rings is 1. The van der Waals surface area contributed by atoms with Gasteiger partial charge in [0.1, 0.15) is 11.8 Å². The summed E-state index contributed by atoms with van der Waals surface area (Å²) in [6, 6.07) is 16.0. The molecule has 3 aromatic rings. The second-order valence-electron chi connectivity index (χ2n) is 7.13. The Balaban J connectivity index is 0.00000289. The minimum atomic E-state index is -0.389. The molecule has 32 heavy (non-hydrogen) atoms. The minimum Gasteiger partial charge on any atom is -0.484 e. The lowest BCUT2D eigenvalue weighted by atomic mass is 10.1. The lowest BCUT2D eigenvalue weighted by Gasteiger charge is -2.33. The van der Waals surface area contributed by atoms with E-state index in [-0.39, 0.29) is 36.9 Å². The van der Waals surface area contributed by atoms with Gasteiger partial charge in [0, 0.05) is 37.8 Å². The van der Waals surface area contributed by atoms with Crippen molar-refractivity contribution in [3.05, 3.63) is 60.5 Å². The topological polar surface area (TPSA) is 110 Å². The molecule has 2 aromatic carbocycles. The Morgan fingerprint density at radius 2 is 2.03 bits per heavy atom. The van der Waals surface area contributed by atoms with Gasteiger partial charge in [-0.25, -0.2) is 0 Å². The summed E-state index contributed by atoms with van der Waals surface area (Å²) in [5.41, 5.74) is 1.35. The maximum Gasteiger partial charge on any atom is 0.261 e. The third-order valence-corrected chi connectivity index (χ3v) is 4.84. The molecule has 9 nitrogen and oxygen atoms in total. The maximum absolute atomic E-state index is 12.8. The molecule has 1 aliphatic rings. The van der Waals surface area contributed by atoms with Crippen molar-refractivity contribution in [3.63, 3.8) is 0 Å². The molecule has 2 N–H and O–H groups in total. The molecule has 1 atom stereocenters. The van der Waals surface area contributed by atoms with Gasteiger partial charge < -0.3 is 24.8 Å². The van der Waals surface area contributed by atoms with Crippen LogP contribution in [0.15, 0.2) is 59.1 Å². The standard InChI is InChI=1S/C22H23N5O4.ClH/c1-15(28)24-17-7-5-6-16(12-17)21-25-22(31-26-21)19-13-23-10-11-27(19)20(29)14-30-18-8-3-2-4-9-18;/h2-9,12,19,23H,10-11,13-14H2,1H3,(H,24,28);1H. The molecule has 0 saturated carbocycles. The van der Waals surface area contributed by atoms with Gasteiger partial charge in [-0.2, -0.15) is 4.98 Å². The number of aromatic nitrogens is 2. The molecule has 168 valence electrons. The molecule has 2 heterocycles. The zero-order chi connectivity index (χ0) is 21.6. The Morgan fingerprint density at radius 1 is 1.22 bits per heavy atom. The van der Waals surface area contributed by atoms with E-state index < -0.39 is 0 Å². The summed E-state index contributed by atoms with van der Waals surface area (Å²) in [5, 5.41) is 10.1. The number of ether oxygens (including phenoxy) is 1. The lowest BCUT2D eigenvalue weighted by Crippen LogP contribution is -2.50. The van der Waals surface area contributed by atoms with E-state index in [2.05, 4.69) is 20.8 Å². The van der Waals surface area contributed by atoms with Crippen LogP contribution in [0.5, 0.6) is 5.75 Å². The van der Waals surface area contributed by atoms with Gasteiger partial charge >= 0.3 is 0 Å². The molecule has 1 aliphatic heterocycles. The third-order valence-electron chi connectivity index (χ3n) is 4.84. The van der Waals surface area contributed by atoms with Crippen molar-refractivity contribution in [3.8, 4) is 17.1 Å². The van der Waals surface area contributed by atoms with Crippen molar-refractivity contribution in [1.29, 1.82) is 0 Å². The number of para-hydroxylation sites is 1. The average molecular weight is 458 g/mol. The Kier molecular flexibility index (Phi) is 7.80. The normalized spacial score (nSPS) is 15.5. The fourth-order valence-electron chi connectivity index (χ4n) is 3.40. The smallest absolute Gasteiger partial charge is 0.261 e. The second-order valence-corrected chi connectivity index (χ2v) is 7.13. The van der Waals surface area contributed by atoms with Crippen molar-refractivity contribution in [1.82, 2.24) is 20.4 Å². The number of carbonyl (C=O) groups is 2. The van der Waals surface area contributed by atoms with Crippen molar-refractivity contribution in [2.75, 3.05) is 31.6 Å². The fraction of sp³-hybridized carbons (Fsp3) is 0.273. The maximum atomic E-state index is 12.8. The predicted octanol–water partition coefficient (Wildman–Crippen LogP) is 2.67. The number of amides is 2. The Hall–Kier alpha value is -3.43. The Morgan fingerprint density at radius 3 is 2.81 bits per heavy atom. The largest absolute Gasteiger partial charge is 0.484 e. The monoisotopic (exact) mass is 457 g/mol. The van der Waals surface area contributed by atoms with Crippen LogP contribution in [0.3, 0.4) is 0 Å². The number of carbonyl (C=O) groups excluding carboxylic acids is 2. The van der Waals surface area contributed by atoms with Gasteiger partial charge in [-0.05, 0) is 24.3 Å². The molecule has 1 fully saturated rings. The van der Waals surface area contributed by atoms with E-state index in [1.807, 2.05) is 36.4 Å². The van der Waals surface area contributed by atoms with Crippen molar-refractivity contribution >= 4 is 29.9 Å². The van der Waals surface area contributed by atoms with E-state index in [0.29, 0.717) is 48.3 Å². The zero-order valence-electron chi connectivity index (χ0n) is 17.5. The number of hydrogen-bond donors (Lipinski definition) is 2. The van der Waals surface area contributed by atoms with E-state index in [4.69, 9.17) is 9.26 Å². The third kappa shape index (κ3) is 5.63. The highest BCUT2D eigenvalue weighted by atomic mass is 35.5. The molecule has 2 amide bonds. The van der Waals surface area contributed by atoms with Crippen LogP contribution in [-0.2, 0) is 9.59 Å². The van der Waals surface area contributed by atoms with E-state index in [1.54, 1.807) is 23.1 Å². The average Bonchev–Trinajstić information content (AvgIpc) is 3.28. The van der Waals surface area contributed by atoms with Crippen LogP contribution in [0.25, 0.3) is 11.4 Å². The predicted molar refractivity (Wildman–Crippen MR) is 121 cm³/mol. The van der Waals surface area contributed by atoms with Gasteiger partial charge in [0.05, 0.1) is 0 Å². The van der Waals surface area contributed by atoms with Gasteiger partial charge in [-0.3, -0.25) is 9.59 Å². The number of nitrogens with zero attached hydrogens (tertiary/aromatic N) is 3. The first-order valence-corrected chi connectivity index (χ1v) is 10.00. The lowest BCUT2D eigenvalue weighted by molar-refractivity contribution is -0.137. The summed E-state index contributed by atoms with van der Waals surface area (Å²) < 4.78 is 11.1. The fourth-order valence-corrected chi connectivity index (χ4v) is 3.40. The van der Waals surface area contributed by atoms with E-state index in [1.165, 1.54) is 6.92 Å². The molecular weight excluding hydrogens is 434 g/mol. The van der Waals surface area contributed by atoms with Gasteiger partial charge in [-0.15, -0.1) is 12.4 Å². The van der Waals surface area contributed by atoms with Gasteiger partial charge in [-0.1, -0.05) is 35.5 Å². The summed E-state index contributed by atoms with van der Waals surface area (Å²) in [6.45, 7) is 3.07. The number of halogens is 1. The molecule has 10 heteroatoms.